The number of aliphatic hydroxyl groups excluding tert-OH is 1. The van der Waals surface area contributed by atoms with Crippen LogP contribution in [0.3, 0.4) is 0 Å². The highest BCUT2D eigenvalue weighted by Crippen LogP contribution is 2.28. The van der Waals surface area contributed by atoms with Gasteiger partial charge in [0, 0.05) is 6.54 Å². The molecule has 0 aromatic carbocycles. The molecule has 3 nitrogen and oxygen atoms in total. The lowest BCUT2D eigenvalue weighted by Crippen LogP contribution is -2.46. The third-order valence-corrected chi connectivity index (χ3v) is 10.2. The summed E-state index contributed by atoms with van der Waals surface area (Å²) < 4.78 is 0. The first-order valence-electron chi connectivity index (χ1n) is 20.1. The molecule has 0 spiro atoms. The van der Waals surface area contributed by atoms with Gasteiger partial charge in [0.05, 0.1) is 25.0 Å². The Hall–Kier alpha value is -0.570. The lowest BCUT2D eigenvalue weighted by atomic mass is 9.85. The molecule has 0 radical (unpaired) electrons. The Morgan fingerprint density at radius 2 is 0.814 bits per heavy atom. The van der Waals surface area contributed by atoms with Gasteiger partial charge in [-0.15, -0.1) is 0 Å². The van der Waals surface area contributed by atoms with Crippen LogP contribution in [0, 0.1) is 5.92 Å². The second kappa shape index (κ2) is 31.4. The molecule has 256 valence electrons. The van der Waals surface area contributed by atoms with Crippen molar-refractivity contribution >= 4 is 6.34 Å². The number of hydrogen-bond acceptors (Lipinski definition) is 3. The summed E-state index contributed by atoms with van der Waals surface area (Å²) in [6, 6.07) is 0.250. The van der Waals surface area contributed by atoms with Gasteiger partial charge in [-0.1, -0.05) is 200 Å². The summed E-state index contributed by atoms with van der Waals surface area (Å²) in [6.45, 7) is 8.51. The lowest BCUT2D eigenvalue weighted by Gasteiger charge is -2.36. The van der Waals surface area contributed by atoms with Crippen LogP contribution in [0.4, 0.5) is 0 Å². The molecule has 0 saturated heterocycles. The van der Waals surface area contributed by atoms with Gasteiger partial charge in [-0.3, -0.25) is 4.99 Å². The maximum Gasteiger partial charge on any atom is 0.0854 e. The predicted molar refractivity (Wildman–Crippen MR) is 193 cm³/mol. The highest BCUT2D eigenvalue weighted by atomic mass is 16.3. The standard InChI is InChI=1S/C40H80N2O/c1-4-6-8-10-12-14-16-18-20-22-24-26-28-30-32-34-39(40(38(3)43)42-36-35-41-37-42)33-31-29-27-25-23-21-19-17-15-13-11-9-7-5-2/h37-40,43H,4-36H2,1-3H3. The molecule has 1 heterocycles. The number of nitrogens with zero attached hydrogens (tertiary/aromatic N) is 2. The molecule has 1 rings (SSSR count). The maximum absolute atomic E-state index is 10.8. The Labute approximate surface area is 271 Å². The van der Waals surface area contributed by atoms with Gasteiger partial charge < -0.3 is 10.0 Å². The van der Waals surface area contributed by atoms with Gasteiger partial charge in [0.1, 0.15) is 0 Å². The molecule has 3 atom stereocenters. The van der Waals surface area contributed by atoms with E-state index in [1.54, 1.807) is 0 Å². The Morgan fingerprint density at radius 1 is 0.512 bits per heavy atom. The minimum Gasteiger partial charge on any atom is -0.391 e. The van der Waals surface area contributed by atoms with Crippen LogP contribution in [0.25, 0.3) is 0 Å². The van der Waals surface area contributed by atoms with Crippen LogP contribution in [0.2, 0.25) is 0 Å². The predicted octanol–water partition coefficient (Wildman–Crippen LogP) is 12.8. The molecular formula is C40H80N2O. The second-order valence-corrected chi connectivity index (χ2v) is 14.4. The highest BCUT2D eigenvalue weighted by molar-refractivity contribution is 5.57. The van der Waals surface area contributed by atoms with Gasteiger partial charge >= 0.3 is 0 Å². The van der Waals surface area contributed by atoms with Crippen LogP contribution in [-0.4, -0.2) is 41.6 Å². The van der Waals surface area contributed by atoms with Crippen LogP contribution < -0.4 is 0 Å². The first kappa shape index (κ1) is 40.5. The van der Waals surface area contributed by atoms with Crippen molar-refractivity contribution in [1.29, 1.82) is 0 Å². The summed E-state index contributed by atoms with van der Waals surface area (Å²) in [5.74, 6) is 0.601. The van der Waals surface area contributed by atoms with Crippen LogP contribution >= 0.6 is 0 Å². The van der Waals surface area contributed by atoms with Crippen molar-refractivity contribution in [3.05, 3.63) is 0 Å². The van der Waals surface area contributed by atoms with Crippen molar-refractivity contribution in [2.45, 2.75) is 232 Å². The molecule has 43 heavy (non-hydrogen) atoms. The zero-order valence-electron chi connectivity index (χ0n) is 30.0. The lowest BCUT2D eigenvalue weighted by molar-refractivity contribution is 0.0608. The van der Waals surface area contributed by atoms with Crippen molar-refractivity contribution in [2.24, 2.45) is 10.9 Å². The van der Waals surface area contributed by atoms with Crippen LogP contribution in [0.15, 0.2) is 4.99 Å². The van der Waals surface area contributed by atoms with Gasteiger partial charge in [0.25, 0.3) is 0 Å². The van der Waals surface area contributed by atoms with E-state index in [1.807, 2.05) is 13.3 Å². The van der Waals surface area contributed by atoms with Crippen molar-refractivity contribution in [1.82, 2.24) is 4.90 Å². The van der Waals surface area contributed by atoms with Crippen molar-refractivity contribution < 1.29 is 5.11 Å². The molecule has 0 amide bonds. The average molecular weight is 605 g/mol. The maximum atomic E-state index is 10.8. The molecule has 0 aromatic rings. The highest BCUT2D eigenvalue weighted by Gasteiger charge is 2.30. The molecule has 3 heteroatoms. The number of rotatable bonds is 34. The fourth-order valence-corrected chi connectivity index (χ4v) is 7.43. The Balaban J connectivity index is 2.14. The van der Waals surface area contributed by atoms with Crippen LogP contribution in [0.5, 0.6) is 0 Å². The minimum atomic E-state index is -0.280. The first-order chi connectivity index (χ1) is 21.2. The van der Waals surface area contributed by atoms with Gasteiger partial charge in [-0.05, 0) is 25.7 Å². The number of aliphatic imine (C=N–C) groups is 1. The molecule has 1 aliphatic rings. The summed E-state index contributed by atoms with van der Waals surface area (Å²) in [6.07, 6.45) is 45.5. The zero-order valence-corrected chi connectivity index (χ0v) is 30.0. The summed E-state index contributed by atoms with van der Waals surface area (Å²) in [5, 5.41) is 10.8. The summed E-state index contributed by atoms with van der Waals surface area (Å²) in [5.41, 5.74) is 0. The normalized spacial score (nSPS) is 15.4. The molecule has 0 bridgehead atoms. The van der Waals surface area contributed by atoms with Crippen molar-refractivity contribution in [3.63, 3.8) is 0 Å². The zero-order chi connectivity index (χ0) is 31.1. The SMILES string of the molecule is CCCCCCCCCCCCCCCCCC(CCCCCCCCCCCCCCCC)C(C(C)O)N1C=NCC1. The molecule has 0 saturated carbocycles. The van der Waals surface area contributed by atoms with Gasteiger partial charge in [-0.25, -0.2) is 0 Å². The van der Waals surface area contributed by atoms with E-state index in [2.05, 4.69) is 23.7 Å². The van der Waals surface area contributed by atoms with E-state index in [0.717, 1.165) is 13.1 Å². The van der Waals surface area contributed by atoms with Crippen LogP contribution in [0.1, 0.15) is 220 Å². The van der Waals surface area contributed by atoms with E-state index < -0.39 is 0 Å². The topological polar surface area (TPSA) is 35.8 Å². The molecule has 3 unspecified atom stereocenters. The molecule has 1 aliphatic heterocycles. The summed E-state index contributed by atoms with van der Waals surface area (Å²) >= 11 is 0. The summed E-state index contributed by atoms with van der Waals surface area (Å²) in [4.78, 5) is 6.86. The third kappa shape index (κ3) is 24.4. The average Bonchev–Trinajstić information content (AvgIpc) is 3.53. The van der Waals surface area contributed by atoms with Gasteiger partial charge in [-0.2, -0.15) is 0 Å². The molecular weight excluding hydrogens is 524 g/mol. The Morgan fingerprint density at radius 3 is 1.07 bits per heavy atom. The van der Waals surface area contributed by atoms with Gasteiger partial charge in [0.15, 0.2) is 0 Å². The molecule has 0 fully saturated rings. The fraction of sp³-hybridized carbons (Fsp3) is 0.975. The van der Waals surface area contributed by atoms with E-state index in [0.29, 0.717) is 5.92 Å². The van der Waals surface area contributed by atoms with Gasteiger partial charge in [0.2, 0.25) is 0 Å². The number of hydrogen-bond donors (Lipinski definition) is 1. The monoisotopic (exact) mass is 605 g/mol. The molecule has 0 aromatic heterocycles. The Bertz CT molecular complexity index is 577. The smallest absolute Gasteiger partial charge is 0.0854 e. The van der Waals surface area contributed by atoms with E-state index >= 15 is 0 Å². The third-order valence-electron chi connectivity index (χ3n) is 10.2. The van der Waals surface area contributed by atoms with E-state index in [-0.39, 0.29) is 12.1 Å². The molecule has 1 N–H and O–H groups in total. The van der Waals surface area contributed by atoms with E-state index in [1.165, 1.54) is 199 Å². The van der Waals surface area contributed by atoms with Crippen molar-refractivity contribution in [3.8, 4) is 0 Å². The second-order valence-electron chi connectivity index (χ2n) is 14.4. The summed E-state index contributed by atoms with van der Waals surface area (Å²) in [7, 11) is 0. The fourth-order valence-electron chi connectivity index (χ4n) is 7.43. The number of unbranched alkanes of at least 4 members (excludes halogenated alkanes) is 27. The largest absolute Gasteiger partial charge is 0.391 e. The minimum absolute atomic E-state index is 0.250. The first-order valence-corrected chi connectivity index (χ1v) is 20.1. The molecule has 0 aliphatic carbocycles. The van der Waals surface area contributed by atoms with Crippen LogP contribution in [-0.2, 0) is 0 Å². The quantitative estimate of drug-likeness (QED) is 0.0742. The van der Waals surface area contributed by atoms with E-state index in [9.17, 15) is 5.11 Å². The van der Waals surface area contributed by atoms with E-state index in [4.69, 9.17) is 0 Å². The number of aliphatic hydroxyl groups is 1. The Kier molecular flexibility index (Phi) is 29.6. The van der Waals surface area contributed by atoms with Crippen molar-refractivity contribution in [2.75, 3.05) is 13.1 Å².